The Kier molecular flexibility index (Phi) is 5.02. The molecule has 0 aliphatic heterocycles. The second-order valence-electron chi connectivity index (χ2n) is 6.07. The van der Waals surface area contributed by atoms with Crippen LogP contribution in [-0.4, -0.2) is 30.1 Å². The molecule has 0 aromatic heterocycles. The van der Waals surface area contributed by atoms with Crippen molar-refractivity contribution in [1.82, 2.24) is 5.32 Å². The van der Waals surface area contributed by atoms with Gasteiger partial charge in [-0.25, -0.2) is 0 Å². The highest BCUT2D eigenvalue weighted by molar-refractivity contribution is 5.86. The normalized spacial score (nSPS) is 29.1. The molecule has 0 spiro atoms. The molecule has 2 amide bonds. The van der Waals surface area contributed by atoms with E-state index in [1.807, 2.05) is 6.92 Å². The summed E-state index contributed by atoms with van der Waals surface area (Å²) in [5, 5.41) is 3.10. The van der Waals surface area contributed by atoms with Gasteiger partial charge in [-0.1, -0.05) is 6.42 Å². The molecule has 5 nitrogen and oxygen atoms in total. The predicted molar refractivity (Wildman–Crippen MR) is 75.9 cm³/mol. The Hall–Kier alpha value is -1.10. The van der Waals surface area contributed by atoms with E-state index in [0.717, 1.165) is 44.9 Å². The van der Waals surface area contributed by atoms with E-state index >= 15 is 0 Å². The average molecular weight is 282 g/mol. The van der Waals surface area contributed by atoms with Crippen LogP contribution in [0.15, 0.2) is 0 Å². The second kappa shape index (κ2) is 6.57. The first-order chi connectivity index (χ1) is 9.57. The summed E-state index contributed by atoms with van der Waals surface area (Å²) in [5.74, 6) is -0.336. The van der Waals surface area contributed by atoms with E-state index < -0.39 is 5.60 Å². The van der Waals surface area contributed by atoms with Gasteiger partial charge in [-0.05, 0) is 51.9 Å². The smallest absolute Gasteiger partial charge is 0.252 e. The first-order valence-electron chi connectivity index (χ1n) is 7.81. The lowest BCUT2D eigenvalue weighted by atomic mass is 9.85. The largest absolute Gasteiger partial charge is 0.369 e. The first kappa shape index (κ1) is 15.3. The molecule has 2 saturated carbocycles. The zero-order valence-corrected chi connectivity index (χ0v) is 12.3. The first-order valence-corrected chi connectivity index (χ1v) is 7.81. The Morgan fingerprint density at radius 2 is 1.95 bits per heavy atom. The van der Waals surface area contributed by atoms with Crippen molar-refractivity contribution in [2.24, 2.45) is 11.7 Å². The number of ether oxygens (including phenoxy) is 1. The van der Waals surface area contributed by atoms with Crippen LogP contribution in [0.4, 0.5) is 0 Å². The van der Waals surface area contributed by atoms with Crippen LogP contribution in [0.2, 0.25) is 0 Å². The van der Waals surface area contributed by atoms with Crippen LogP contribution < -0.4 is 11.1 Å². The molecule has 3 N–H and O–H groups in total. The Labute approximate surface area is 120 Å². The Morgan fingerprint density at radius 3 is 2.55 bits per heavy atom. The zero-order chi connectivity index (χ0) is 14.6. The molecule has 0 heterocycles. The monoisotopic (exact) mass is 282 g/mol. The van der Waals surface area contributed by atoms with Crippen LogP contribution >= 0.6 is 0 Å². The van der Waals surface area contributed by atoms with E-state index in [1.165, 1.54) is 0 Å². The van der Waals surface area contributed by atoms with Gasteiger partial charge in [0.05, 0.1) is 0 Å². The summed E-state index contributed by atoms with van der Waals surface area (Å²) in [6.07, 6.45) is 7.08. The summed E-state index contributed by atoms with van der Waals surface area (Å²) in [6.45, 7) is 2.49. The quantitative estimate of drug-likeness (QED) is 0.801. The van der Waals surface area contributed by atoms with Gasteiger partial charge in [-0.15, -0.1) is 0 Å². The minimum Gasteiger partial charge on any atom is -0.369 e. The number of rotatable bonds is 5. The van der Waals surface area contributed by atoms with Gasteiger partial charge >= 0.3 is 0 Å². The number of nitrogens with one attached hydrogen (secondary N) is 1. The van der Waals surface area contributed by atoms with Gasteiger partial charge in [-0.3, -0.25) is 9.59 Å². The fraction of sp³-hybridized carbons (Fsp3) is 0.867. The summed E-state index contributed by atoms with van der Waals surface area (Å²) in [5.41, 5.74) is 4.75. The molecule has 0 aromatic carbocycles. The molecule has 5 heteroatoms. The molecular weight excluding hydrogens is 256 g/mol. The van der Waals surface area contributed by atoms with Crippen LogP contribution in [-0.2, 0) is 14.3 Å². The van der Waals surface area contributed by atoms with Crippen LogP contribution in [0.3, 0.4) is 0 Å². The molecule has 0 bridgehead atoms. The van der Waals surface area contributed by atoms with Crippen molar-refractivity contribution in [3.63, 3.8) is 0 Å². The van der Waals surface area contributed by atoms with Crippen LogP contribution in [0.5, 0.6) is 0 Å². The predicted octanol–water partition coefficient (Wildman–Crippen LogP) is 1.50. The standard InChI is InChI=1S/C15H26N2O3/c1-2-20-15(8-3-4-9-15)14(19)17-12-7-5-6-11(10-12)13(16)18/h11-12H,2-10H2,1H3,(H2,16,18)(H,17,19). The zero-order valence-electron chi connectivity index (χ0n) is 12.3. The lowest BCUT2D eigenvalue weighted by molar-refractivity contribution is -0.147. The van der Waals surface area contributed by atoms with E-state index in [0.29, 0.717) is 13.0 Å². The van der Waals surface area contributed by atoms with Crippen LogP contribution in [0, 0.1) is 5.92 Å². The molecule has 0 aromatic rings. The van der Waals surface area contributed by atoms with E-state index in [-0.39, 0.29) is 23.8 Å². The number of amides is 2. The van der Waals surface area contributed by atoms with Crippen molar-refractivity contribution in [2.75, 3.05) is 6.61 Å². The van der Waals surface area contributed by atoms with Gasteiger partial charge in [0.25, 0.3) is 5.91 Å². The third-order valence-corrected chi connectivity index (χ3v) is 4.66. The van der Waals surface area contributed by atoms with Gasteiger partial charge in [0.15, 0.2) is 0 Å². The third-order valence-electron chi connectivity index (χ3n) is 4.66. The van der Waals surface area contributed by atoms with Crippen molar-refractivity contribution in [1.29, 1.82) is 0 Å². The van der Waals surface area contributed by atoms with Gasteiger partial charge in [0, 0.05) is 18.6 Å². The highest BCUT2D eigenvalue weighted by Crippen LogP contribution is 2.34. The summed E-state index contributed by atoms with van der Waals surface area (Å²) >= 11 is 0. The lowest BCUT2D eigenvalue weighted by Crippen LogP contribution is -2.51. The molecule has 2 aliphatic rings. The maximum atomic E-state index is 12.5. The summed E-state index contributed by atoms with van der Waals surface area (Å²) in [4.78, 5) is 23.8. The Bertz CT molecular complexity index is 364. The summed E-state index contributed by atoms with van der Waals surface area (Å²) < 4.78 is 5.76. The number of primary amides is 1. The van der Waals surface area contributed by atoms with Gasteiger partial charge in [-0.2, -0.15) is 0 Å². The van der Waals surface area contributed by atoms with Crippen LogP contribution in [0.1, 0.15) is 58.3 Å². The van der Waals surface area contributed by atoms with Crippen molar-refractivity contribution in [3.8, 4) is 0 Å². The van der Waals surface area contributed by atoms with Gasteiger partial charge < -0.3 is 15.8 Å². The molecule has 2 rings (SSSR count). The summed E-state index contributed by atoms with van der Waals surface area (Å²) in [7, 11) is 0. The van der Waals surface area contributed by atoms with E-state index in [4.69, 9.17) is 10.5 Å². The van der Waals surface area contributed by atoms with Crippen molar-refractivity contribution in [2.45, 2.75) is 69.9 Å². The topological polar surface area (TPSA) is 81.4 Å². The molecule has 2 atom stereocenters. The molecule has 0 radical (unpaired) electrons. The molecule has 2 fully saturated rings. The number of hydrogen-bond acceptors (Lipinski definition) is 3. The van der Waals surface area contributed by atoms with E-state index in [1.54, 1.807) is 0 Å². The number of carbonyl (C=O) groups excluding carboxylic acids is 2. The molecule has 114 valence electrons. The number of carbonyl (C=O) groups is 2. The fourth-order valence-electron chi connectivity index (χ4n) is 3.56. The Balaban J connectivity index is 1.94. The van der Waals surface area contributed by atoms with Crippen molar-refractivity contribution >= 4 is 11.8 Å². The summed E-state index contributed by atoms with van der Waals surface area (Å²) in [6, 6.07) is 0.0617. The minimum absolute atomic E-state index is 0.00645. The highest BCUT2D eigenvalue weighted by atomic mass is 16.5. The SMILES string of the molecule is CCOC1(C(=O)NC2CCCC(C(N)=O)C2)CCCC1. The highest BCUT2D eigenvalue weighted by Gasteiger charge is 2.43. The molecule has 0 saturated heterocycles. The lowest BCUT2D eigenvalue weighted by Gasteiger charge is -2.33. The van der Waals surface area contributed by atoms with E-state index in [9.17, 15) is 9.59 Å². The average Bonchev–Trinajstić information content (AvgIpc) is 2.89. The fourth-order valence-corrected chi connectivity index (χ4v) is 3.56. The molecule has 20 heavy (non-hydrogen) atoms. The maximum absolute atomic E-state index is 12.5. The molecular formula is C15H26N2O3. The minimum atomic E-state index is -0.631. The van der Waals surface area contributed by atoms with E-state index in [2.05, 4.69) is 5.32 Å². The molecule has 2 unspecified atom stereocenters. The van der Waals surface area contributed by atoms with Gasteiger partial charge in [0.2, 0.25) is 5.91 Å². The number of nitrogens with two attached hydrogens (primary N) is 1. The van der Waals surface area contributed by atoms with Gasteiger partial charge in [0.1, 0.15) is 5.60 Å². The second-order valence-corrected chi connectivity index (χ2v) is 6.07. The molecule has 2 aliphatic carbocycles. The third kappa shape index (κ3) is 3.32. The maximum Gasteiger partial charge on any atom is 0.252 e. The van der Waals surface area contributed by atoms with Crippen molar-refractivity contribution in [3.05, 3.63) is 0 Å². The Morgan fingerprint density at radius 1 is 1.25 bits per heavy atom. The van der Waals surface area contributed by atoms with Crippen LogP contribution in [0.25, 0.3) is 0 Å². The number of hydrogen-bond donors (Lipinski definition) is 2. The van der Waals surface area contributed by atoms with Crippen molar-refractivity contribution < 1.29 is 14.3 Å².